The second kappa shape index (κ2) is 13.6. The van der Waals surface area contributed by atoms with E-state index in [1.807, 2.05) is 24.3 Å². The molecule has 134 valence electrons. The predicted molar refractivity (Wildman–Crippen MR) is 101 cm³/mol. The molecule has 1 N–H and O–H groups in total. The molecule has 0 spiro atoms. The summed E-state index contributed by atoms with van der Waals surface area (Å²) in [5.74, 6) is 0.787. The molecule has 0 heterocycles. The van der Waals surface area contributed by atoms with Crippen LogP contribution >= 0.6 is 0 Å². The minimum Gasteiger partial charge on any atom is -0.493 e. The lowest BCUT2D eigenvalue weighted by Crippen LogP contribution is -2.17. The molecule has 0 atom stereocenters. The molecule has 0 aliphatic carbocycles. The van der Waals surface area contributed by atoms with Crippen molar-refractivity contribution in [1.29, 1.82) is 0 Å². The average Bonchev–Trinajstić information content (AvgIpc) is 2.60. The fraction of sp³-hybridized carbons (Fsp3) is 0.600. The normalized spacial score (nSPS) is 10.9. The predicted octanol–water partition coefficient (Wildman–Crippen LogP) is 5.07. The van der Waals surface area contributed by atoms with Crippen molar-refractivity contribution >= 4 is 12.1 Å². The first-order valence-electron chi connectivity index (χ1n) is 9.31. The maximum atomic E-state index is 11.7. The van der Waals surface area contributed by atoms with Crippen LogP contribution in [0.4, 0.5) is 0 Å². The Morgan fingerprint density at radius 2 is 1.75 bits per heavy atom. The van der Waals surface area contributed by atoms with Crippen molar-refractivity contribution < 1.29 is 9.53 Å². The molecule has 0 saturated carbocycles. The van der Waals surface area contributed by atoms with Crippen LogP contribution in [0.1, 0.15) is 77.2 Å². The number of hydrogen-bond acceptors (Lipinski definition) is 3. The lowest BCUT2D eigenvalue weighted by molar-refractivity contribution is -0.121. The molecule has 1 amide bonds. The van der Waals surface area contributed by atoms with Crippen molar-refractivity contribution in [2.75, 3.05) is 6.61 Å². The van der Waals surface area contributed by atoms with E-state index in [4.69, 9.17) is 4.74 Å². The monoisotopic (exact) mass is 332 g/mol. The van der Waals surface area contributed by atoms with Crippen LogP contribution in [0.25, 0.3) is 0 Å². The molecule has 4 heteroatoms. The number of ether oxygens (including phenoxy) is 1. The van der Waals surface area contributed by atoms with E-state index < -0.39 is 0 Å². The Bertz CT molecular complexity index is 486. The molecular weight excluding hydrogens is 300 g/mol. The maximum absolute atomic E-state index is 11.7. The number of nitrogens with one attached hydrogen (secondary N) is 1. The zero-order chi connectivity index (χ0) is 17.5. The van der Waals surface area contributed by atoms with Crippen LogP contribution in [0.3, 0.4) is 0 Å². The Labute approximate surface area is 146 Å². The third-order valence-corrected chi connectivity index (χ3v) is 3.82. The number of nitrogens with zero attached hydrogens (tertiary/aromatic N) is 1. The fourth-order valence-corrected chi connectivity index (χ4v) is 2.37. The molecule has 0 aliphatic rings. The van der Waals surface area contributed by atoms with E-state index in [-0.39, 0.29) is 5.91 Å². The van der Waals surface area contributed by atoms with Crippen molar-refractivity contribution in [3.05, 3.63) is 29.8 Å². The van der Waals surface area contributed by atoms with E-state index >= 15 is 0 Å². The van der Waals surface area contributed by atoms with Crippen LogP contribution in [-0.2, 0) is 4.79 Å². The van der Waals surface area contributed by atoms with Crippen LogP contribution in [0.15, 0.2) is 29.4 Å². The molecule has 0 bridgehead atoms. The average molecular weight is 332 g/mol. The minimum absolute atomic E-state index is 0.0240. The summed E-state index contributed by atoms with van der Waals surface area (Å²) in [5.41, 5.74) is 3.49. The molecule has 24 heavy (non-hydrogen) atoms. The molecule has 1 aromatic rings. The zero-order valence-corrected chi connectivity index (χ0v) is 15.2. The molecule has 0 unspecified atom stereocenters. The summed E-state index contributed by atoms with van der Waals surface area (Å²) >= 11 is 0. The van der Waals surface area contributed by atoms with Crippen molar-refractivity contribution in [2.24, 2.45) is 5.10 Å². The molecule has 0 aliphatic heterocycles. The molecule has 1 aromatic carbocycles. The van der Waals surface area contributed by atoms with Gasteiger partial charge >= 0.3 is 0 Å². The summed E-state index contributed by atoms with van der Waals surface area (Å²) in [6.07, 6.45) is 11.3. The van der Waals surface area contributed by atoms with Crippen molar-refractivity contribution in [1.82, 2.24) is 5.43 Å². The number of para-hydroxylation sites is 1. The number of carbonyl (C=O) groups excluding carboxylic acids is 1. The van der Waals surface area contributed by atoms with Crippen molar-refractivity contribution in [3.8, 4) is 5.75 Å². The maximum Gasteiger partial charge on any atom is 0.240 e. The third kappa shape index (κ3) is 9.33. The summed E-state index contributed by atoms with van der Waals surface area (Å²) in [6, 6.07) is 7.76. The van der Waals surface area contributed by atoms with Gasteiger partial charge in [0.2, 0.25) is 5.91 Å². The first kappa shape index (κ1) is 20.2. The highest BCUT2D eigenvalue weighted by Crippen LogP contribution is 2.16. The topological polar surface area (TPSA) is 50.7 Å². The van der Waals surface area contributed by atoms with Gasteiger partial charge in [0.1, 0.15) is 5.75 Å². The SMILES string of the molecule is CCCCCCCC(=O)N/N=C\c1ccccc1OCCCCC. The highest BCUT2D eigenvalue weighted by molar-refractivity contribution is 5.85. The van der Waals surface area contributed by atoms with Crippen LogP contribution in [0.2, 0.25) is 0 Å². The lowest BCUT2D eigenvalue weighted by Gasteiger charge is -2.08. The van der Waals surface area contributed by atoms with Gasteiger partial charge in [0.15, 0.2) is 0 Å². The number of hydrogen-bond donors (Lipinski definition) is 1. The second-order valence-corrected chi connectivity index (χ2v) is 6.05. The summed E-state index contributed by atoms with van der Waals surface area (Å²) in [7, 11) is 0. The van der Waals surface area contributed by atoms with Crippen LogP contribution < -0.4 is 10.2 Å². The van der Waals surface area contributed by atoms with Crippen LogP contribution in [0.5, 0.6) is 5.75 Å². The Morgan fingerprint density at radius 3 is 2.54 bits per heavy atom. The van der Waals surface area contributed by atoms with Gasteiger partial charge in [-0.2, -0.15) is 5.10 Å². The Balaban J connectivity index is 2.34. The first-order valence-corrected chi connectivity index (χ1v) is 9.31. The Kier molecular flexibility index (Phi) is 11.4. The van der Waals surface area contributed by atoms with E-state index in [9.17, 15) is 4.79 Å². The largest absolute Gasteiger partial charge is 0.493 e. The fourth-order valence-electron chi connectivity index (χ4n) is 2.37. The molecule has 0 fully saturated rings. The number of carbonyl (C=O) groups is 1. The number of amides is 1. The molecule has 0 radical (unpaired) electrons. The second-order valence-electron chi connectivity index (χ2n) is 6.05. The molecular formula is C20H32N2O2. The van der Waals surface area contributed by atoms with Gasteiger partial charge in [-0.15, -0.1) is 0 Å². The van der Waals surface area contributed by atoms with E-state index in [0.29, 0.717) is 13.0 Å². The van der Waals surface area contributed by atoms with Crippen LogP contribution in [-0.4, -0.2) is 18.7 Å². The zero-order valence-electron chi connectivity index (χ0n) is 15.2. The number of rotatable bonds is 13. The highest BCUT2D eigenvalue weighted by Gasteiger charge is 2.02. The Hall–Kier alpha value is -1.84. The van der Waals surface area contributed by atoms with Crippen molar-refractivity contribution in [2.45, 2.75) is 71.6 Å². The molecule has 1 rings (SSSR count). The molecule has 4 nitrogen and oxygen atoms in total. The summed E-state index contributed by atoms with van der Waals surface area (Å²) in [6.45, 7) is 5.07. The number of unbranched alkanes of at least 4 members (excludes halogenated alkanes) is 6. The van der Waals surface area contributed by atoms with Crippen LogP contribution in [0, 0.1) is 0 Å². The van der Waals surface area contributed by atoms with Gasteiger partial charge in [-0.3, -0.25) is 4.79 Å². The van der Waals surface area contributed by atoms with Gasteiger partial charge in [-0.05, 0) is 25.0 Å². The lowest BCUT2D eigenvalue weighted by atomic mass is 10.1. The number of hydrazone groups is 1. The molecule has 0 aromatic heterocycles. The number of benzene rings is 1. The summed E-state index contributed by atoms with van der Waals surface area (Å²) < 4.78 is 5.80. The van der Waals surface area contributed by atoms with Crippen molar-refractivity contribution in [3.63, 3.8) is 0 Å². The van der Waals surface area contributed by atoms with E-state index in [1.54, 1.807) is 6.21 Å². The van der Waals surface area contributed by atoms with Gasteiger partial charge in [-0.25, -0.2) is 5.43 Å². The summed E-state index contributed by atoms with van der Waals surface area (Å²) in [4.78, 5) is 11.7. The van der Waals surface area contributed by atoms with Gasteiger partial charge in [-0.1, -0.05) is 64.5 Å². The van der Waals surface area contributed by atoms with E-state index in [2.05, 4.69) is 24.4 Å². The van der Waals surface area contributed by atoms with Gasteiger partial charge < -0.3 is 4.74 Å². The smallest absolute Gasteiger partial charge is 0.240 e. The van der Waals surface area contributed by atoms with E-state index in [1.165, 1.54) is 32.1 Å². The van der Waals surface area contributed by atoms with Gasteiger partial charge in [0, 0.05) is 12.0 Å². The Morgan fingerprint density at radius 1 is 1.04 bits per heavy atom. The summed E-state index contributed by atoms with van der Waals surface area (Å²) in [5, 5.41) is 4.06. The minimum atomic E-state index is -0.0240. The third-order valence-electron chi connectivity index (χ3n) is 3.82. The van der Waals surface area contributed by atoms with Gasteiger partial charge in [0.25, 0.3) is 0 Å². The highest BCUT2D eigenvalue weighted by atomic mass is 16.5. The molecule has 0 saturated heterocycles. The van der Waals surface area contributed by atoms with Gasteiger partial charge in [0.05, 0.1) is 12.8 Å². The standard InChI is InChI=1S/C20H32N2O2/c1-3-5-7-8-9-15-20(23)22-21-17-18-13-10-11-14-19(18)24-16-12-6-4-2/h10-11,13-14,17H,3-9,12,15-16H2,1-2H3,(H,22,23)/b21-17-. The quantitative estimate of drug-likeness (QED) is 0.311. The van der Waals surface area contributed by atoms with E-state index in [0.717, 1.165) is 30.6 Å². The first-order chi connectivity index (χ1) is 11.8.